The standard InChI is InChI=1S/C14H12BO2/c16-15-17-14-7-3-6-12-8-10-4-1-2-5-11(10)9-13(12)14/h1-7,16H,8-9H2. The lowest BCUT2D eigenvalue weighted by Crippen LogP contribution is -2.10. The summed E-state index contributed by atoms with van der Waals surface area (Å²) in [6, 6.07) is 14.4. The maximum absolute atomic E-state index is 8.77. The molecule has 0 bridgehead atoms. The summed E-state index contributed by atoms with van der Waals surface area (Å²) in [6.07, 6.45) is 1.81. The van der Waals surface area contributed by atoms with Crippen LogP contribution in [-0.2, 0) is 12.8 Å². The van der Waals surface area contributed by atoms with Crippen LogP contribution in [0.3, 0.4) is 0 Å². The highest BCUT2D eigenvalue weighted by atomic mass is 16.5. The number of benzene rings is 2. The molecule has 3 heteroatoms. The largest absolute Gasteiger partial charge is 0.569 e. The predicted molar refractivity (Wildman–Crippen MR) is 67.1 cm³/mol. The van der Waals surface area contributed by atoms with E-state index in [0.29, 0.717) is 0 Å². The highest BCUT2D eigenvalue weighted by Gasteiger charge is 2.17. The van der Waals surface area contributed by atoms with Gasteiger partial charge in [-0.25, -0.2) is 0 Å². The van der Waals surface area contributed by atoms with Crippen LogP contribution in [0.2, 0.25) is 0 Å². The maximum Gasteiger partial charge on any atom is 0.569 e. The summed E-state index contributed by atoms with van der Waals surface area (Å²) < 4.78 is 5.15. The molecular formula is C14H12BO2. The Kier molecular flexibility index (Phi) is 2.61. The molecule has 0 fully saturated rings. The van der Waals surface area contributed by atoms with E-state index in [1.54, 1.807) is 0 Å². The summed E-state index contributed by atoms with van der Waals surface area (Å²) >= 11 is 0. The second-order valence-corrected chi connectivity index (χ2v) is 4.24. The molecule has 0 aliphatic heterocycles. The maximum atomic E-state index is 8.77. The molecule has 0 amide bonds. The number of rotatable bonds is 2. The van der Waals surface area contributed by atoms with Gasteiger partial charge in [0.15, 0.2) is 0 Å². The van der Waals surface area contributed by atoms with Crippen LogP contribution in [0.4, 0.5) is 0 Å². The Labute approximate surface area is 101 Å². The first-order valence-electron chi connectivity index (χ1n) is 5.68. The Morgan fingerprint density at radius 1 is 0.882 bits per heavy atom. The minimum atomic E-state index is 0.746. The Morgan fingerprint density at radius 2 is 1.59 bits per heavy atom. The third-order valence-corrected chi connectivity index (χ3v) is 3.28. The fraction of sp³-hybridized carbons (Fsp3) is 0.143. The molecule has 0 spiro atoms. The molecule has 1 aliphatic rings. The number of hydrogen-bond donors (Lipinski definition) is 1. The van der Waals surface area contributed by atoms with E-state index in [0.717, 1.165) is 26.3 Å². The number of hydrogen-bond acceptors (Lipinski definition) is 2. The van der Waals surface area contributed by atoms with Gasteiger partial charge >= 0.3 is 7.69 Å². The Hall–Kier alpha value is -1.74. The first-order valence-corrected chi connectivity index (χ1v) is 5.68. The zero-order valence-electron chi connectivity index (χ0n) is 9.39. The molecule has 1 aliphatic carbocycles. The van der Waals surface area contributed by atoms with Gasteiger partial charge in [-0.15, -0.1) is 0 Å². The van der Waals surface area contributed by atoms with Crippen molar-refractivity contribution in [3.05, 3.63) is 64.7 Å². The van der Waals surface area contributed by atoms with Crippen LogP contribution in [0.15, 0.2) is 42.5 Å². The van der Waals surface area contributed by atoms with E-state index < -0.39 is 0 Å². The second-order valence-electron chi connectivity index (χ2n) is 4.24. The normalized spacial score (nSPS) is 12.5. The molecule has 0 unspecified atom stereocenters. The van der Waals surface area contributed by atoms with Gasteiger partial charge in [0.05, 0.1) is 0 Å². The lowest BCUT2D eigenvalue weighted by Gasteiger charge is -2.21. The summed E-state index contributed by atoms with van der Waals surface area (Å²) in [4.78, 5) is 0. The average Bonchev–Trinajstić information content (AvgIpc) is 2.37. The Balaban J connectivity index is 2.05. The van der Waals surface area contributed by atoms with Gasteiger partial charge in [-0.05, 0) is 29.2 Å². The van der Waals surface area contributed by atoms with Gasteiger partial charge in [-0.1, -0.05) is 36.4 Å². The van der Waals surface area contributed by atoms with E-state index in [4.69, 9.17) is 9.68 Å². The van der Waals surface area contributed by atoms with Gasteiger partial charge in [-0.3, -0.25) is 0 Å². The van der Waals surface area contributed by atoms with Crippen LogP contribution in [-0.4, -0.2) is 12.7 Å². The summed E-state index contributed by atoms with van der Waals surface area (Å²) in [6.45, 7) is 0. The van der Waals surface area contributed by atoms with Crippen LogP contribution in [0, 0.1) is 0 Å². The molecular weight excluding hydrogens is 211 g/mol. The first-order chi connectivity index (χ1) is 8.38. The monoisotopic (exact) mass is 223 g/mol. The van der Waals surface area contributed by atoms with Crippen molar-refractivity contribution in [2.75, 3.05) is 0 Å². The minimum Gasteiger partial charge on any atom is -0.537 e. The highest BCUT2D eigenvalue weighted by molar-refractivity contribution is 6.17. The summed E-state index contributed by atoms with van der Waals surface area (Å²) in [5.74, 6) is 0.750. The van der Waals surface area contributed by atoms with Crippen molar-refractivity contribution >= 4 is 7.69 Å². The van der Waals surface area contributed by atoms with Crippen molar-refractivity contribution in [3.63, 3.8) is 0 Å². The fourth-order valence-electron chi connectivity index (χ4n) is 2.44. The lowest BCUT2D eigenvalue weighted by atomic mass is 9.85. The molecule has 0 saturated heterocycles. The summed E-state index contributed by atoms with van der Waals surface area (Å²) in [5, 5.41) is 8.77. The molecule has 1 N–H and O–H groups in total. The first kappa shape index (κ1) is 10.4. The van der Waals surface area contributed by atoms with E-state index in [-0.39, 0.29) is 0 Å². The van der Waals surface area contributed by atoms with Crippen LogP contribution < -0.4 is 4.65 Å². The Bertz CT molecular complexity index is 552. The van der Waals surface area contributed by atoms with Gasteiger partial charge in [0.25, 0.3) is 0 Å². The van der Waals surface area contributed by atoms with Gasteiger partial charge in [0.2, 0.25) is 0 Å². The Morgan fingerprint density at radius 3 is 2.35 bits per heavy atom. The molecule has 0 heterocycles. The van der Waals surface area contributed by atoms with Gasteiger partial charge < -0.3 is 9.68 Å². The molecule has 0 saturated carbocycles. The van der Waals surface area contributed by atoms with E-state index in [1.807, 2.05) is 12.1 Å². The second kappa shape index (κ2) is 4.26. The van der Waals surface area contributed by atoms with Crippen LogP contribution in [0.5, 0.6) is 5.75 Å². The van der Waals surface area contributed by atoms with E-state index in [2.05, 4.69) is 30.3 Å². The van der Waals surface area contributed by atoms with Crippen LogP contribution in [0.25, 0.3) is 0 Å². The van der Waals surface area contributed by atoms with Crippen LogP contribution in [0.1, 0.15) is 22.3 Å². The molecule has 2 aromatic carbocycles. The lowest BCUT2D eigenvalue weighted by molar-refractivity contribution is 0.450. The molecule has 3 rings (SSSR count). The highest BCUT2D eigenvalue weighted by Crippen LogP contribution is 2.32. The number of fused-ring (bicyclic) bond motifs is 2. The van der Waals surface area contributed by atoms with Crippen molar-refractivity contribution in [1.82, 2.24) is 0 Å². The molecule has 1 radical (unpaired) electrons. The molecule has 2 aromatic rings. The predicted octanol–water partition coefficient (Wildman–Crippen LogP) is 2.09. The van der Waals surface area contributed by atoms with E-state index in [9.17, 15) is 0 Å². The van der Waals surface area contributed by atoms with E-state index in [1.165, 1.54) is 22.3 Å². The molecule has 17 heavy (non-hydrogen) atoms. The van der Waals surface area contributed by atoms with Crippen molar-refractivity contribution in [1.29, 1.82) is 0 Å². The fourth-order valence-corrected chi connectivity index (χ4v) is 2.44. The van der Waals surface area contributed by atoms with Crippen molar-refractivity contribution in [2.24, 2.45) is 0 Å². The topological polar surface area (TPSA) is 29.5 Å². The molecule has 0 atom stereocenters. The third kappa shape index (κ3) is 1.83. The minimum absolute atomic E-state index is 0.746. The molecule has 83 valence electrons. The zero-order valence-corrected chi connectivity index (χ0v) is 9.39. The zero-order chi connectivity index (χ0) is 11.7. The third-order valence-electron chi connectivity index (χ3n) is 3.28. The van der Waals surface area contributed by atoms with Gasteiger partial charge in [0, 0.05) is 12.0 Å². The van der Waals surface area contributed by atoms with Gasteiger partial charge in [-0.2, -0.15) is 0 Å². The van der Waals surface area contributed by atoms with Gasteiger partial charge in [0.1, 0.15) is 5.75 Å². The van der Waals surface area contributed by atoms with E-state index >= 15 is 0 Å². The van der Waals surface area contributed by atoms with Crippen molar-refractivity contribution < 1.29 is 9.68 Å². The quantitative estimate of drug-likeness (QED) is 0.674. The molecule has 0 aromatic heterocycles. The van der Waals surface area contributed by atoms with Crippen molar-refractivity contribution in [2.45, 2.75) is 12.8 Å². The summed E-state index contributed by atoms with van der Waals surface area (Å²) in [7, 11) is 0.746. The average molecular weight is 223 g/mol. The SMILES string of the molecule is O[B]Oc1cccc2c1Cc1ccccc1C2. The molecule has 2 nitrogen and oxygen atoms in total. The van der Waals surface area contributed by atoms with Crippen LogP contribution >= 0.6 is 0 Å². The smallest absolute Gasteiger partial charge is 0.537 e. The van der Waals surface area contributed by atoms with Crippen molar-refractivity contribution in [3.8, 4) is 5.75 Å². The summed E-state index contributed by atoms with van der Waals surface area (Å²) in [5.41, 5.74) is 5.18.